The van der Waals surface area contributed by atoms with Gasteiger partial charge >= 0.3 is 0 Å². The number of aromatic nitrogens is 4. The molecule has 0 saturated heterocycles. The SMILES string of the molecule is CSc1ccc(-c2csc(NC(=O)/C=C/c3cn(Cc4ccccc4)nn3)n2)cc1. The van der Waals surface area contributed by atoms with Gasteiger partial charge in [0.2, 0.25) is 5.91 Å². The third-order valence-corrected chi connectivity index (χ3v) is 5.77. The second kappa shape index (κ2) is 9.51. The Labute approximate surface area is 182 Å². The number of carbonyl (C=O) groups excluding carboxylic acids is 1. The standard InChI is InChI=1S/C22H19N5OS2/c1-29-19-10-7-17(8-11-19)20-15-30-22(23-20)24-21(28)12-9-18-14-27(26-25-18)13-16-5-3-2-4-6-16/h2-12,14-15H,13H2,1H3,(H,23,24,28)/b12-9+. The molecule has 0 aliphatic heterocycles. The van der Waals surface area contributed by atoms with Gasteiger partial charge in [0, 0.05) is 21.9 Å². The van der Waals surface area contributed by atoms with Crippen LogP contribution in [0, 0.1) is 0 Å². The number of amides is 1. The van der Waals surface area contributed by atoms with Crippen LogP contribution in [0.3, 0.4) is 0 Å². The van der Waals surface area contributed by atoms with Gasteiger partial charge in [0.1, 0.15) is 5.69 Å². The largest absolute Gasteiger partial charge is 0.298 e. The molecule has 0 radical (unpaired) electrons. The maximum atomic E-state index is 12.2. The van der Waals surface area contributed by atoms with Crippen LogP contribution in [-0.4, -0.2) is 32.1 Å². The average molecular weight is 434 g/mol. The van der Waals surface area contributed by atoms with Crippen LogP contribution in [-0.2, 0) is 11.3 Å². The van der Waals surface area contributed by atoms with Crippen molar-refractivity contribution in [3.63, 3.8) is 0 Å². The van der Waals surface area contributed by atoms with E-state index in [-0.39, 0.29) is 5.91 Å². The predicted octanol–water partition coefficient (Wildman–Crippen LogP) is 4.82. The number of thioether (sulfide) groups is 1. The van der Waals surface area contributed by atoms with E-state index in [9.17, 15) is 4.79 Å². The third kappa shape index (κ3) is 5.22. The van der Waals surface area contributed by atoms with Gasteiger partial charge in [0.05, 0.1) is 18.4 Å². The minimum absolute atomic E-state index is 0.258. The number of nitrogens with one attached hydrogen (secondary N) is 1. The molecule has 30 heavy (non-hydrogen) atoms. The van der Waals surface area contributed by atoms with E-state index in [4.69, 9.17) is 0 Å². The molecule has 4 rings (SSSR count). The summed E-state index contributed by atoms with van der Waals surface area (Å²) in [6, 6.07) is 18.2. The molecule has 1 N–H and O–H groups in total. The average Bonchev–Trinajstić information content (AvgIpc) is 3.43. The normalized spacial score (nSPS) is 11.1. The summed E-state index contributed by atoms with van der Waals surface area (Å²) in [7, 11) is 0. The molecule has 2 aromatic heterocycles. The number of carbonyl (C=O) groups is 1. The van der Waals surface area contributed by atoms with Gasteiger partial charge in [-0.1, -0.05) is 47.7 Å². The Hall–Kier alpha value is -3.23. The summed E-state index contributed by atoms with van der Waals surface area (Å²) in [6.45, 7) is 0.633. The van der Waals surface area contributed by atoms with E-state index in [1.807, 2.05) is 54.1 Å². The number of hydrogen-bond acceptors (Lipinski definition) is 6. The first kappa shape index (κ1) is 20.1. The fourth-order valence-electron chi connectivity index (χ4n) is 2.77. The van der Waals surface area contributed by atoms with Gasteiger partial charge in [0.25, 0.3) is 0 Å². The van der Waals surface area contributed by atoms with Gasteiger partial charge in [-0.15, -0.1) is 28.2 Å². The van der Waals surface area contributed by atoms with Crippen LogP contribution in [0.1, 0.15) is 11.3 Å². The smallest absolute Gasteiger partial charge is 0.250 e. The van der Waals surface area contributed by atoms with Gasteiger partial charge in [-0.25, -0.2) is 9.67 Å². The molecule has 0 aliphatic rings. The number of anilines is 1. The quantitative estimate of drug-likeness (QED) is 0.334. The van der Waals surface area contributed by atoms with Crippen LogP contribution >= 0.6 is 23.1 Å². The summed E-state index contributed by atoms with van der Waals surface area (Å²) in [5.74, 6) is -0.258. The Morgan fingerprint density at radius 3 is 2.73 bits per heavy atom. The van der Waals surface area contributed by atoms with E-state index in [2.05, 4.69) is 32.7 Å². The Balaban J connectivity index is 1.34. The zero-order valence-electron chi connectivity index (χ0n) is 16.2. The van der Waals surface area contributed by atoms with Crippen molar-refractivity contribution in [1.82, 2.24) is 20.0 Å². The number of thiazole rings is 1. The number of nitrogens with zero attached hydrogens (tertiary/aromatic N) is 4. The minimum atomic E-state index is -0.258. The molecule has 6 nitrogen and oxygen atoms in total. The molecule has 8 heteroatoms. The van der Waals surface area contributed by atoms with E-state index < -0.39 is 0 Å². The van der Waals surface area contributed by atoms with Crippen LogP contribution in [0.2, 0.25) is 0 Å². The summed E-state index contributed by atoms with van der Waals surface area (Å²) >= 11 is 3.09. The molecule has 0 atom stereocenters. The predicted molar refractivity (Wildman–Crippen MR) is 123 cm³/mol. The van der Waals surface area contributed by atoms with Crippen molar-refractivity contribution >= 4 is 40.2 Å². The van der Waals surface area contributed by atoms with E-state index in [1.54, 1.807) is 28.7 Å². The molecule has 0 saturated carbocycles. The molecule has 0 unspecified atom stereocenters. The molecular weight excluding hydrogens is 414 g/mol. The van der Waals surface area contributed by atoms with Gasteiger partial charge in [-0.2, -0.15) is 0 Å². The topological polar surface area (TPSA) is 72.7 Å². The van der Waals surface area contributed by atoms with Crippen molar-refractivity contribution in [2.24, 2.45) is 0 Å². The Kier molecular flexibility index (Phi) is 6.36. The van der Waals surface area contributed by atoms with Crippen molar-refractivity contribution in [3.05, 3.63) is 83.5 Å². The van der Waals surface area contributed by atoms with Crippen LogP contribution in [0.15, 0.2) is 77.1 Å². The lowest BCUT2D eigenvalue weighted by Gasteiger charge is -1.99. The molecule has 0 spiro atoms. The molecule has 1 amide bonds. The number of hydrogen-bond donors (Lipinski definition) is 1. The Morgan fingerprint density at radius 2 is 1.97 bits per heavy atom. The van der Waals surface area contributed by atoms with Crippen molar-refractivity contribution in [3.8, 4) is 11.3 Å². The molecule has 4 aromatic rings. The maximum absolute atomic E-state index is 12.2. The van der Waals surface area contributed by atoms with Gasteiger partial charge < -0.3 is 0 Å². The Morgan fingerprint density at radius 1 is 1.17 bits per heavy atom. The fraction of sp³-hybridized carbons (Fsp3) is 0.0909. The fourth-order valence-corrected chi connectivity index (χ4v) is 3.90. The van der Waals surface area contributed by atoms with Crippen LogP contribution in [0.25, 0.3) is 17.3 Å². The van der Waals surface area contributed by atoms with Crippen molar-refractivity contribution in [2.45, 2.75) is 11.4 Å². The highest BCUT2D eigenvalue weighted by Gasteiger charge is 2.07. The van der Waals surface area contributed by atoms with Gasteiger partial charge in [-0.05, 0) is 30.0 Å². The van der Waals surface area contributed by atoms with Crippen LogP contribution < -0.4 is 5.32 Å². The summed E-state index contributed by atoms with van der Waals surface area (Å²) < 4.78 is 1.74. The van der Waals surface area contributed by atoms with E-state index in [0.717, 1.165) is 16.8 Å². The van der Waals surface area contributed by atoms with Crippen LogP contribution in [0.5, 0.6) is 0 Å². The highest BCUT2D eigenvalue weighted by Crippen LogP contribution is 2.26. The second-order valence-electron chi connectivity index (χ2n) is 6.42. The van der Waals surface area contributed by atoms with E-state index in [1.165, 1.54) is 22.3 Å². The van der Waals surface area contributed by atoms with Crippen molar-refractivity contribution in [2.75, 3.05) is 11.6 Å². The molecule has 0 fully saturated rings. The van der Waals surface area contributed by atoms with Gasteiger partial charge in [-0.3, -0.25) is 10.1 Å². The molecular formula is C22H19N5OS2. The zero-order valence-corrected chi connectivity index (χ0v) is 17.9. The molecule has 150 valence electrons. The second-order valence-corrected chi connectivity index (χ2v) is 8.15. The monoisotopic (exact) mass is 433 g/mol. The molecule has 2 aromatic carbocycles. The summed E-state index contributed by atoms with van der Waals surface area (Å²) in [5.41, 5.74) is 3.62. The summed E-state index contributed by atoms with van der Waals surface area (Å²) in [6.07, 6.45) is 6.92. The van der Waals surface area contributed by atoms with E-state index in [0.29, 0.717) is 17.4 Å². The molecule has 2 heterocycles. The number of benzene rings is 2. The lowest BCUT2D eigenvalue weighted by Crippen LogP contribution is -2.07. The summed E-state index contributed by atoms with van der Waals surface area (Å²) in [5, 5.41) is 13.5. The lowest BCUT2D eigenvalue weighted by atomic mass is 10.2. The van der Waals surface area contributed by atoms with Crippen molar-refractivity contribution < 1.29 is 4.79 Å². The molecule has 0 aliphatic carbocycles. The highest BCUT2D eigenvalue weighted by molar-refractivity contribution is 7.98. The first-order chi connectivity index (χ1) is 14.7. The zero-order chi connectivity index (χ0) is 20.8. The maximum Gasteiger partial charge on any atom is 0.250 e. The van der Waals surface area contributed by atoms with Crippen LogP contribution in [0.4, 0.5) is 5.13 Å². The Bertz CT molecular complexity index is 1150. The first-order valence-corrected chi connectivity index (χ1v) is 11.3. The number of rotatable bonds is 7. The minimum Gasteiger partial charge on any atom is -0.298 e. The highest BCUT2D eigenvalue weighted by atomic mass is 32.2. The van der Waals surface area contributed by atoms with Crippen molar-refractivity contribution in [1.29, 1.82) is 0 Å². The summed E-state index contributed by atoms with van der Waals surface area (Å²) in [4.78, 5) is 17.9. The lowest BCUT2D eigenvalue weighted by molar-refractivity contribution is -0.111. The first-order valence-electron chi connectivity index (χ1n) is 9.23. The van der Waals surface area contributed by atoms with E-state index >= 15 is 0 Å². The third-order valence-electron chi connectivity index (χ3n) is 4.27. The molecule has 0 bridgehead atoms. The van der Waals surface area contributed by atoms with Gasteiger partial charge in [0.15, 0.2) is 5.13 Å².